The first-order valence-electron chi connectivity index (χ1n) is 7.65. The zero-order chi connectivity index (χ0) is 16.4. The lowest BCUT2D eigenvalue weighted by Crippen LogP contribution is -2.21. The first kappa shape index (κ1) is 14.9. The van der Waals surface area contributed by atoms with E-state index in [9.17, 15) is 0 Å². The van der Waals surface area contributed by atoms with Crippen LogP contribution in [0, 0.1) is 3.57 Å². The van der Waals surface area contributed by atoms with Crippen molar-refractivity contribution in [3.8, 4) is 11.3 Å². The number of nitrogens with zero attached hydrogens (tertiary/aromatic N) is 4. The lowest BCUT2D eigenvalue weighted by atomic mass is 10.1. The van der Waals surface area contributed by atoms with Gasteiger partial charge in [0.2, 0.25) is 0 Å². The summed E-state index contributed by atoms with van der Waals surface area (Å²) in [4.78, 5) is 8.61. The van der Waals surface area contributed by atoms with Crippen LogP contribution in [0.25, 0.3) is 22.3 Å². The Morgan fingerprint density at radius 2 is 2.04 bits per heavy atom. The van der Waals surface area contributed by atoms with E-state index < -0.39 is 0 Å². The molecule has 3 aromatic rings. The fourth-order valence-electron chi connectivity index (χ4n) is 2.83. The van der Waals surface area contributed by atoms with E-state index in [1.165, 1.54) is 19.2 Å². The number of hydrogen-bond acceptors (Lipinski definition) is 5. The van der Waals surface area contributed by atoms with E-state index >= 15 is 0 Å². The Balaban J connectivity index is 2.00. The molecule has 0 atom stereocenters. The molecule has 3 aromatic heterocycles. The summed E-state index contributed by atoms with van der Waals surface area (Å²) in [5.41, 5.74) is 8.63. The number of rotatable bonds is 2. The van der Waals surface area contributed by atoms with Crippen LogP contribution in [0.4, 0.5) is 5.82 Å². The molecule has 1 aliphatic rings. The molecule has 4 rings (SSSR count). The average molecular weight is 423 g/mol. The van der Waals surface area contributed by atoms with E-state index in [2.05, 4.69) is 69.3 Å². The van der Waals surface area contributed by atoms with E-state index in [1.807, 2.05) is 0 Å². The number of anilines is 1. The van der Waals surface area contributed by atoms with Gasteiger partial charge in [-0.2, -0.15) is 0 Å². The Bertz CT molecular complexity index is 901. The number of hydrogen-bond donors (Lipinski definition) is 1. The molecule has 120 valence electrons. The lowest BCUT2D eigenvalue weighted by Gasteiger charge is -2.21. The topological polar surface area (TPSA) is 82.8 Å². The highest BCUT2D eigenvalue weighted by Gasteiger charge is 2.33. The molecule has 0 saturated heterocycles. The third-order valence-corrected chi connectivity index (χ3v) is 5.24. The van der Waals surface area contributed by atoms with Crippen molar-refractivity contribution in [2.45, 2.75) is 45.1 Å². The van der Waals surface area contributed by atoms with Crippen LogP contribution in [0.3, 0.4) is 0 Å². The molecule has 2 N–H and O–H groups in total. The second-order valence-electron chi connectivity index (χ2n) is 7.02. The Hall–Kier alpha value is -1.64. The highest BCUT2D eigenvalue weighted by Crippen LogP contribution is 2.45. The van der Waals surface area contributed by atoms with Gasteiger partial charge >= 0.3 is 0 Å². The van der Waals surface area contributed by atoms with Crippen molar-refractivity contribution in [1.82, 2.24) is 19.7 Å². The molecular formula is C16H18IN5O. The summed E-state index contributed by atoms with van der Waals surface area (Å²) in [7, 11) is 0. The van der Waals surface area contributed by atoms with Crippen molar-refractivity contribution >= 4 is 39.4 Å². The van der Waals surface area contributed by atoms with Crippen LogP contribution in [-0.4, -0.2) is 19.7 Å². The average Bonchev–Trinajstić information content (AvgIpc) is 3.12. The molecule has 0 unspecified atom stereocenters. The molecule has 23 heavy (non-hydrogen) atoms. The minimum atomic E-state index is -0.119. The van der Waals surface area contributed by atoms with Crippen molar-refractivity contribution in [2.24, 2.45) is 0 Å². The monoisotopic (exact) mass is 423 g/mol. The van der Waals surface area contributed by atoms with Gasteiger partial charge in [-0.25, -0.2) is 9.97 Å². The fourth-order valence-corrected chi connectivity index (χ4v) is 3.76. The molecule has 1 saturated carbocycles. The van der Waals surface area contributed by atoms with Crippen molar-refractivity contribution in [3.63, 3.8) is 0 Å². The highest BCUT2D eigenvalue weighted by molar-refractivity contribution is 14.1. The summed E-state index contributed by atoms with van der Waals surface area (Å²) in [6.45, 7) is 6.41. The minimum Gasteiger partial charge on any atom is -0.383 e. The van der Waals surface area contributed by atoms with Crippen molar-refractivity contribution in [1.29, 1.82) is 0 Å². The maximum Gasteiger partial charge on any atom is 0.153 e. The van der Waals surface area contributed by atoms with E-state index in [1.54, 1.807) is 0 Å². The largest absolute Gasteiger partial charge is 0.383 e. The summed E-state index contributed by atoms with van der Waals surface area (Å²) >= 11 is 2.32. The van der Waals surface area contributed by atoms with Gasteiger partial charge in [0.25, 0.3) is 0 Å². The Morgan fingerprint density at radius 3 is 2.70 bits per heavy atom. The smallest absolute Gasteiger partial charge is 0.153 e. The molecule has 7 heteroatoms. The molecule has 1 aliphatic carbocycles. The molecule has 0 amide bonds. The Morgan fingerprint density at radius 1 is 1.30 bits per heavy atom. The van der Waals surface area contributed by atoms with Crippen LogP contribution in [-0.2, 0) is 5.54 Å². The number of halogens is 1. The van der Waals surface area contributed by atoms with Crippen molar-refractivity contribution in [3.05, 3.63) is 21.9 Å². The number of fused-ring (bicyclic) bond motifs is 1. The molecule has 1 fully saturated rings. The minimum absolute atomic E-state index is 0.119. The van der Waals surface area contributed by atoms with Gasteiger partial charge in [-0.3, -0.25) is 0 Å². The SMILES string of the molecule is CC(C)(C)n1cc(-c2noc(C3CC3)c2I)c2c(N)ncnc21. The van der Waals surface area contributed by atoms with Gasteiger partial charge in [-0.05, 0) is 56.2 Å². The second kappa shape index (κ2) is 4.93. The Kier molecular flexibility index (Phi) is 3.20. The predicted molar refractivity (Wildman–Crippen MR) is 97.1 cm³/mol. The standard InChI is InChI=1S/C16H18IN5O/c1-16(2,3)22-6-9(10-14(18)19-7-20-15(10)22)12-11(17)13(23-21-12)8-4-5-8/h6-8H,4-5H2,1-3H3,(H2,18,19,20). The van der Waals surface area contributed by atoms with Crippen LogP contribution >= 0.6 is 22.6 Å². The van der Waals surface area contributed by atoms with Gasteiger partial charge in [-0.15, -0.1) is 0 Å². The van der Waals surface area contributed by atoms with E-state index in [0.29, 0.717) is 11.7 Å². The number of aromatic nitrogens is 4. The van der Waals surface area contributed by atoms with Gasteiger partial charge in [0.1, 0.15) is 23.5 Å². The van der Waals surface area contributed by atoms with Crippen LogP contribution in [0.2, 0.25) is 0 Å². The third-order valence-electron chi connectivity index (χ3n) is 4.20. The quantitative estimate of drug-likeness (QED) is 0.633. The summed E-state index contributed by atoms with van der Waals surface area (Å²) < 4.78 is 8.80. The maximum absolute atomic E-state index is 6.15. The molecule has 0 aliphatic heterocycles. The zero-order valence-electron chi connectivity index (χ0n) is 13.3. The molecule has 3 heterocycles. The fraction of sp³-hybridized carbons (Fsp3) is 0.438. The van der Waals surface area contributed by atoms with Gasteiger partial charge in [0, 0.05) is 23.2 Å². The van der Waals surface area contributed by atoms with Crippen LogP contribution < -0.4 is 5.73 Å². The van der Waals surface area contributed by atoms with Crippen LogP contribution in [0.15, 0.2) is 17.0 Å². The molecular weight excluding hydrogens is 405 g/mol. The Labute approximate surface area is 147 Å². The summed E-state index contributed by atoms with van der Waals surface area (Å²) in [6, 6.07) is 0. The molecule has 0 aromatic carbocycles. The van der Waals surface area contributed by atoms with Crippen LogP contribution in [0.5, 0.6) is 0 Å². The number of nitrogen functional groups attached to an aromatic ring is 1. The normalized spacial score (nSPS) is 15.5. The predicted octanol–water partition coefficient (Wildman–Crippen LogP) is 3.91. The van der Waals surface area contributed by atoms with E-state index in [4.69, 9.17) is 10.3 Å². The summed E-state index contributed by atoms with van der Waals surface area (Å²) in [5, 5.41) is 5.17. The third kappa shape index (κ3) is 2.32. The van der Waals surface area contributed by atoms with Crippen molar-refractivity contribution in [2.75, 3.05) is 5.73 Å². The van der Waals surface area contributed by atoms with E-state index in [-0.39, 0.29) is 5.54 Å². The molecule has 0 spiro atoms. The van der Waals surface area contributed by atoms with E-state index in [0.717, 1.165) is 31.6 Å². The van der Waals surface area contributed by atoms with Crippen LogP contribution in [0.1, 0.15) is 45.3 Å². The second-order valence-corrected chi connectivity index (χ2v) is 8.10. The van der Waals surface area contributed by atoms with Gasteiger partial charge in [0.15, 0.2) is 5.76 Å². The molecule has 0 radical (unpaired) electrons. The first-order chi connectivity index (χ1) is 10.9. The first-order valence-corrected chi connectivity index (χ1v) is 8.73. The highest BCUT2D eigenvalue weighted by atomic mass is 127. The lowest BCUT2D eigenvalue weighted by molar-refractivity contribution is 0.385. The van der Waals surface area contributed by atoms with Gasteiger partial charge < -0.3 is 14.8 Å². The number of nitrogens with two attached hydrogens (primary N) is 1. The molecule has 6 nitrogen and oxygen atoms in total. The van der Waals surface area contributed by atoms with Gasteiger partial charge in [-0.1, -0.05) is 5.16 Å². The van der Waals surface area contributed by atoms with Crippen molar-refractivity contribution < 1.29 is 4.52 Å². The summed E-state index contributed by atoms with van der Waals surface area (Å²) in [5.74, 6) is 1.99. The van der Waals surface area contributed by atoms with Gasteiger partial charge in [0.05, 0.1) is 8.96 Å². The maximum atomic E-state index is 6.15. The zero-order valence-corrected chi connectivity index (χ0v) is 15.5. The molecule has 0 bridgehead atoms. The summed E-state index contributed by atoms with van der Waals surface area (Å²) in [6.07, 6.45) is 5.93.